The lowest BCUT2D eigenvalue weighted by atomic mass is 10.2. The molecule has 2 rings (SSSR count). The van der Waals surface area contributed by atoms with E-state index in [1.807, 2.05) is 24.3 Å². The van der Waals surface area contributed by atoms with Gasteiger partial charge in [0.2, 0.25) is 5.91 Å². The molecule has 0 saturated heterocycles. The molecule has 6 heteroatoms. The molecular weight excluding hydrogens is 371 g/mol. The molecule has 140 valence electrons. The molecule has 0 aliphatic rings. The second-order valence-corrected chi connectivity index (χ2v) is 6.72. The number of benzene rings is 2. The van der Waals surface area contributed by atoms with E-state index in [4.69, 9.17) is 27.9 Å². The summed E-state index contributed by atoms with van der Waals surface area (Å²) >= 11 is 12.0. The smallest absolute Gasteiger partial charge is 0.243 e. The Morgan fingerprint density at radius 3 is 2.54 bits per heavy atom. The van der Waals surface area contributed by atoms with Gasteiger partial charge in [-0.05, 0) is 42.8 Å². The maximum absolute atomic E-state index is 12.0. The number of hydrogen-bond donors (Lipinski definition) is 2. The molecule has 0 spiro atoms. The Kier molecular flexibility index (Phi) is 8.59. The topological polar surface area (TPSA) is 50.4 Å². The first-order valence-electron chi connectivity index (χ1n) is 8.80. The molecule has 0 aliphatic carbocycles. The Labute approximate surface area is 164 Å². The van der Waals surface area contributed by atoms with Crippen LogP contribution in [0.5, 0.6) is 5.75 Å². The monoisotopic (exact) mass is 394 g/mol. The number of halogens is 2. The average Bonchev–Trinajstić information content (AvgIpc) is 2.64. The average molecular weight is 395 g/mol. The normalized spacial score (nSPS) is 10.4. The SMILES string of the molecule is CCCCCCOc1ccc(NCC(=O)Nc2cccc(Cl)c2Cl)cc1. The number of carbonyl (C=O) groups is 1. The van der Waals surface area contributed by atoms with Gasteiger partial charge in [0.1, 0.15) is 5.75 Å². The molecule has 0 atom stereocenters. The third kappa shape index (κ3) is 6.77. The maximum atomic E-state index is 12.0. The van der Waals surface area contributed by atoms with Crippen molar-refractivity contribution in [3.63, 3.8) is 0 Å². The van der Waals surface area contributed by atoms with Gasteiger partial charge < -0.3 is 15.4 Å². The van der Waals surface area contributed by atoms with E-state index in [1.54, 1.807) is 18.2 Å². The minimum atomic E-state index is -0.203. The van der Waals surface area contributed by atoms with Crippen LogP contribution in [0.3, 0.4) is 0 Å². The highest BCUT2D eigenvalue weighted by Gasteiger charge is 2.08. The van der Waals surface area contributed by atoms with Crippen molar-refractivity contribution >= 4 is 40.5 Å². The molecule has 0 fully saturated rings. The van der Waals surface area contributed by atoms with Crippen molar-refractivity contribution in [3.05, 3.63) is 52.5 Å². The molecule has 0 saturated carbocycles. The van der Waals surface area contributed by atoms with Crippen LogP contribution >= 0.6 is 23.2 Å². The van der Waals surface area contributed by atoms with E-state index in [9.17, 15) is 4.79 Å². The van der Waals surface area contributed by atoms with Gasteiger partial charge in [-0.3, -0.25) is 4.79 Å². The Bertz CT molecular complexity index is 705. The van der Waals surface area contributed by atoms with Gasteiger partial charge in [-0.15, -0.1) is 0 Å². The van der Waals surface area contributed by atoms with Gasteiger partial charge in [0.25, 0.3) is 0 Å². The van der Waals surface area contributed by atoms with E-state index >= 15 is 0 Å². The Morgan fingerprint density at radius 1 is 1.04 bits per heavy atom. The third-order valence-electron chi connectivity index (χ3n) is 3.80. The van der Waals surface area contributed by atoms with E-state index in [0.29, 0.717) is 15.7 Å². The lowest BCUT2D eigenvalue weighted by Gasteiger charge is -2.10. The van der Waals surface area contributed by atoms with Gasteiger partial charge in [0.15, 0.2) is 0 Å². The van der Waals surface area contributed by atoms with Crippen molar-refractivity contribution in [3.8, 4) is 5.75 Å². The van der Waals surface area contributed by atoms with Crippen molar-refractivity contribution in [1.29, 1.82) is 0 Å². The Morgan fingerprint density at radius 2 is 1.81 bits per heavy atom. The van der Waals surface area contributed by atoms with Gasteiger partial charge >= 0.3 is 0 Å². The molecule has 0 heterocycles. The van der Waals surface area contributed by atoms with E-state index in [0.717, 1.165) is 24.5 Å². The van der Waals surface area contributed by atoms with Crippen LogP contribution in [0.1, 0.15) is 32.6 Å². The zero-order chi connectivity index (χ0) is 18.8. The van der Waals surface area contributed by atoms with Crippen molar-refractivity contribution in [2.45, 2.75) is 32.6 Å². The summed E-state index contributed by atoms with van der Waals surface area (Å²) in [6.45, 7) is 3.05. The van der Waals surface area contributed by atoms with Crippen LogP contribution in [0.15, 0.2) is 42.5 Å². The summed E-state index contributed by atoms with van der Waals surface area (Å²) in [6, 6.07) is 12.7. The minimum Gasteiger partial charge on any atom is -0.494 e. The highest BCUT2D eigenvalue weighted by Crippen LogP contribution is 2.29. The molecule has 0 radical (unpaired) electrons. The van der Waals surface area contributed by atoms with E-state index < -0.39 is 0 Å². The van der Waals surface area contributed by atoms with Crippen LogP contribution < -0.4 is 15.4 Å². The van der Waals surface area contributed by atoms with Crippen LogP contribution in [0.25, 0.3) is 0 Å². The van der Waals surface area contributed by atoms with Crippen molar-refractivity contribution in [2.24, 2.45) is 0 Å². The second kappa shape index (κ2) is 10.9. The highest BCUT2D eigenvalue weighted by atomic mass is 35.5. The van der Waals surface area contributed by atoms with Crippen LogP contribution in [-0.4, -0.2) is 19.1 Å². The second-order valence-electron chi connectivity index (χ2n) is 5.94. The fourth-order valence-corrected chi connectivity index (χ4v) is 2.71. The van der Waals surface area contributed by atoms with Crippen LogP contribution in [-0.2, 0) is 4.79 Å². The molecule has 1 amide bonds. The fourth-order valence-electron chi connectivity index (χ4n) is 2.36. The molecular formula is C20H24Cl2N2O2. The summed E-state index contributed by atoms with van der Waals surface area (Å²) in [5.74, 6) is 0.632. The standard InChI is InChI=1S/C20H24Cl2N2O2/c1-2-3-4-5-13-26-16-11-9-15(10-12-16)23-14-19(25)24-18-8-6-7-17(21)20(18)22/h6-12,23H,2-5,13-14H2,1H3,(H,24,25). The summed E-state index contributed by atoms with van der Waals surface area (Å²) in [5, 5.41) is 6.54. The molecule has 2 aromatic carbocycles. The summed E-state index contributed by atoms with van der Waals surface area (Å²) in [5.41, 5.74) is 1.34. The summed E-state index contributed by atoms with van der Waals surface area (Å²) in [7, 11) is 0. The molecule has 0 bridgehead atoms. The summed E-state index contributed by atoms with van der Waals surface area (Å²) < 4.78 is 5.70. The summed E-state index contributed by atoms with van der Waals surface area (Å²) in [6.07, 6.45) is 4.73. The van der Waals surface area contributed by atoms with Gasteiger partial charge in [-0.1, -0.05) is 55.5 Å². The fraction of sp³-hybridized carbons (Fsp3) is 0.350. The number of rotatable bonds is 10. The first-order valence-corrected chi connectivity index (χ1v) is 9.56. The van der Waals surface area contributed by atoms with Gasteiger partial charge in [-0.2, -0.15) is 0 Å². The molecule has 0 unspecified atom stereocenters. The molecule has 0 aliphatic heterocycles. The number of carbonyl (C=O) groups excluding carboxylic acids is 1. The predicted octanol–water partition coefficient (Wildman–Crippen LogP) is 6.00. The van der Waals surface area contributed by atoms with Crippen molar-refractivity contribution in [1.82, 2.24) is 0 Å². The number of unbranched alkanes of at least 4 members (excludes halogenated alkanes) is 3. The number of ether oxygens (including phenoxy) is 1. The number of amides is 1. The van der Waals surface area contributed by atoms with Crippen molar-refractivity contribution in [2.75, 3.05) is 23.8 Å². The molecule has 0 aromatic heterocycles. The van der Waals surface area contributed by atoms with E-state index in [-0.39, 0.29) is 12.5 Å². The van der Waals surface area contributed by atoms with Crippen LogP contribution in [0.2, 0.25) is 10.0 Å². The van der Waals surface area contributed by atoms with Crippen LogP contribution in [0.4, 0.5) is 11.4 Å². The highest BCUT2D eigenvalue weighted by molar-refractivity contribution is 6.44. The lowest BCUT2D eigenvalue weighted by molar-refractivity contribution is -0.114. The largest absolute Gasteiger partial charge is 0.494 e. The van der Waals surface area contributed by atoms with Gasteiger partial charge in [0, 0.05) is 5.69 Å². The summed E-state index contributed by atoms with van der Waals surface area (Å²) in [4.78, 5) is 12.0. The first kappa shape index (κ1) is 20.4. The maximum Gasteiger partial charge on any atom is 0.243 e. The molecule has 4 nitrogen and oxygen atoms in total. The molecule has 2 N–H and O–H groups in total. The predicted molar refractivity (Wildman–Crippen MR) is 110 cm³/mol. The van der Waals surface area contributed by atoms with Gasteiger partial charge in [-0.25, -0.2) is 0 Å². The first-order chi connectivity index (χ1) is 12.6. The lowest BCUT2D eigenvalue weighted by Crippen LogP contribution is -2.21. The van der Waals surface area contributed by atoms with E-state index in [1.165, 1.54) is 19.3 Å². The third-order valence-corrected chi connectivity index (χ3v) is 4.62. The Hall–Kier alpha value is -1.91. The molecule has 2 aromatic rings. The quantitative estimate of drug-likeness (QED) is 0.485. The van der Waals surface area contributed by atoms with E-state index in [2.05, 4.69) is 17.6 Å². The number of anilines is 2. The minimum absolute atomic E-state index is 0.125. The Balaban J connectivity index is 1.75. The van der Waals surface area contributed by atoms with Gasteiger partial charge in [0.05, 0.1) is 28.9 Å². The molecule has 26 heavy (non-hydrogen) atoms. The zero-order valence-corrected chi connectivity index (χ0v) is 16.4. The number of hydrogen-bond acceptors (Lipinski definition) is 3. The zero-order valence-electron chi connectivity index (χ0n) is 14.9. The van der Waals surface area contributed by atoms with Crippen LogP contribution in [0, 0.1) is 0 Å². The van der Waals surface area contributed by atoms with Crippen molar-refractivity contribution < 1.29 is 9.53 Å². The number of nitrogens with one attached hydrogen (secondary N) is 2.